The number of carbonyl (C=O) groups excluding carboxylic acids is 2. The highest BCUT2D eigenvalue weighted by atomic mass is 16.6. The van der Waals surface area contributed by atoms with Gasteiger partial charge in [0.15, 0.2) is 12.4 Å². The van der Waals surface area contributed by atoms with E-state index >= 15 is 0 Å². The fraction of sp³-hybridized carbons (Fsp3) is 0.190. The predicted octanol–water partition coefficient (Wildman–Crippen LogP) is 2.40. The van der Waals surface area contributed by atoms with Gasteiger partial charge in [0, 0.05) is 55.7 Å². The molecule has 1 aromatic carbocycles. The zero-order valence-electron chi connectivity index (χ0n) is 16.7. The monoisotopic (exact) mass is 408 g/mol. The molecular weight excluding hydrogens is 388 g/mol. The van der Waals surface area contributed by atoms with Crippen molar-refractivity contribution in [3.63, 3.8) is 0 Å². The summed E-state index contributed by atoms with van der Waals surface area (Å²) >= 11 is 0. The third kappa shape index (κ3) is 5.24. The number of ether oxygens (including phenoxy) is 1. The zero-order chi connectivity index (χ0) is 22.3. The lowest BCUT2D eigenvalue weighted by molar-refractivity contribution is -0.576. The number of hydrogen-bond acceptors (Lipinski definition) is 6. The molecule has 9 nitrogen and oxygen atoms in total. The van der Waals surface area contributed by atoms with Gasteiger partial charge in [-0.2, -0.15) is 4.57 Å². The van der Waals surface area contributed by atoms with Crippen molar-refractivity contribution in [3.05, 3.63) is 81.5 Å². The van der Waals surface area contributed by atoms with Crippen LogP contribution in [-0.2, 0) is 9.53 Å². The Hall–Kier alpha value is -4.10. The van der Waals surface area contributed by atoms with Gasteiger partial charge in [0.05, 0.1) is 17.1 Å². The Morgan fingerprint density at radius 3 is 2.27 bits per heavy atom. The van der Waals surface area contributed by atoms with Gasteiger partial charge in [-0.05, 0) is 19.1 Å². The summed E-state index contributed by atoms with van der Waals surface area (Å²) in [6, 6.07) is 8.58. The molecule has 1 heterocycles. The minimum absolute atomic E-state index is 0.0127. The van der Waals surface area contributed by atoms with Gasteiger partial charge in [0.2, 0.25) is 0 Å². The van der Waals surface area contributed by atoms with E-state index in [0.29, 0.717) is 0 Å². The molecule has 0 aliphatic carbocycles. The number of anilines is 1. The first-order valence-corrected chi connectivity index (χ1v) is 8.92. The Kier molecular flexibility index (Phi) is 7.32. The van der Waals surface area contributed by atoms with E-state index in [2.05, 4.69) is 0 Å². The molecule has 0 spiro atoms. The molecule has 0 N–H and O–H groups in total. The third-order valence-electron chi connectivity index (χ3n) is 4.08. The van der Waals surface area contributed by atoms with Crippen molar-refractivity contribution >= 4 is 34.7 Å². The molecule has 9 heteroatoms. The van der Waals surface area contributed by atoms with Crippen LogP contribution < -0.4 is 9.47 Å². The van der Waals surface area contributed by atoms with Gasteiger partial charge in [0.1, 0.15) is 0 Å². The van der Waals surface area contributed by atoms with Crippen molar-refractivity contribution in [2.45, 2.75) is 6.92 Å². The Bertz CT molecular complexity index is 1030. The molecular formula is C21H20N4O5. The first-order chi connectivity index (χ1) is 14.3. The molecule has 0 saturated heterocycles. The van der Waals surface area contributed by atoms with Crippen molar-refractivity contribution in [1.82, 2.24) is 0 Å². The second kappa shape index (κ2) is 9.90. The van der Waals surface area contributed by atoms with Crippen LogP contribution in [0.15, 0.2) is 60.4 Å². The second-order valence-electron chi connectivity index (χ2n) is 6.27. The number of nitro groups is 1. The molecule has 0 unspecified atom stereocenters. The maximum atomic E-state index is 13.1. The molecule has 0 aliphatic rings. The molecule has 1 aromatic heterocycles. The number of esters is 1. The van der Waals surface area contributed by atoms with Crippen LogP contribution in [0, 0.1) is 10.1 Å². The van der Waals surface area contributed by atoms with Gasteiger partial charge < -0.3 is 15.0 Å². The molecule has 0 amide bonds. The molecule has 0 saturated carbocycles. The van der Waals surface area contributed by atoms with Gasteiger partial charge in [-0.3, -0.25) is 20.8 Å². The second-order valence-corrected chi connectivity index (χ2v) is 6.27. The Morgan fingerprint density at radius 1 is 1.20 bits per heavy atom. The van der Waals surface area contributed by atoms with Crippen molar-refractivity contribution in [1.29, 1.82) is 0 Å². The minimum atomic E-state index is -0.848. The van der Waals surface area contributed by atoms with Crippen LogP contribution >= 0.6 is 0 Å². The maximum absolute atomic E-state index is 13.1. The van der Waals surface area contributed by atoms with Crippen molar-refractivity contribution in [3.8, 4) is 0 Å². The molecule has 0 aliphatic heterocycles. The highest BCUT2D eigenvalue weighted by molar-refractivity contribution is 6.23. The Morgan fingerprint density at radius 2 is 1.80 bits per heavy atom. The number of hydrogen-bond donors (Lipinski definition) is 0. The van der Waals surface area contributed by atoms with Gasteiger partial charge in [0.25, 0.3) is 17.2 Å². The quantitative estimate of drug-likeness (QED) is 0.0968. The van der Waals surface area contributed by atoms with Crippen LogP contribution in [-0.4, -0.2) is 43.2 Å². The molecule has 154 valence electrons. The third-order valence-corrected chi connectivity index (χ3v) is 4.08. The average Bonchev–Trinajstić information content (AvgIpc) is 2.74. The minimum Gasteiger partial charge on any atom is -0.763 e. The number of rotatable bonds is 8. The van der Waals surface area contributed by atoms with E-state index in [1.165, 1.54) is 28.8 Å². The van der Waals surface area contributed by atoms with E-state index in [1.807, 2.05) is 19.0 Å². The molecule has 2 rings (SSSR count). The lowest BCUT2D eigenvalue weighted by Gasteiger charge is -2.11. The van der Waals surface area contributed by atoms with E-state index in [-0.39, 0.29) is 29.1 Å². The number of aromatic nitrogens is 1. The topological polar surface area (TPSA) is 116 Å². The van der Waals surface area contributed by atoms with Crippen LogP contribution in [0.3, 0.4) is 0 Å². The summed E-state index contributed by atoms with van der Waals surface area (Å²) in [6.07, 6.45) is 4.38. The number of nitro benzene ring substituents is 1. The van der Waals surface area contributed by atoms with Crippen LogP contribution in [0.4, 0.5) is 11.4 Å². The van der Waals surface area contributed by atoms with E-state index in [1.54, 1.807) is 37.3 Å². The number of nitrogens with zero attached hydrogens (tertiary/aromatic N) is 4. The lowest BCUT2D eigenvalue weighted by Crippen LogP contribution is -2.36. The number of carbonyl (C=O) groups is 2. The van der Waals surface area contributed by atoms with E-state index in [9.17, 15) is 25.1 Å². The molecule has 0 atom stereocenters. The van der Waals surface area contributed by atoms with Crippen molar-refractivity contribution < 1.29 is 23.8 Å². The molecule has 30 heavy (non-hydrogen) atoms. The fourth-order valence-corrected chi connectivity index (χ4v) is 2.50. The number of pyridine rings is 1. The van der Waals surface area contributed by atoms with Crippen molar-refractivity contribution in [2.75, 3.05) is 25.6 Å². The summed E-state index contributed by atoms with van der Waals surface area (Å²) in [4.78, 5) is 37.3. The van der Waals surface area contributed by atoms with E-state index in [4.69, 9.17) is 4.74 Å². The maximum Gasteiger partial charge on any atom is 0.344 e. The molecule has 2 aromatic rings. The SMILES string of the molecule is CCOC(=O)C(=C=[N-])/C=C(/C(=O)c1ccc([N+](=O)[O-])cc1)[n+]1ccc(N(C)C)cc1. The molecule has 0 fully saturated rings. The number of benzene rings is 1. The average molecular weight is 408 g/mol. The first kappa shape index (κ1) is 22.2. The summed E-state index contributed by atoms with van der Waals surface area (Å²) in [7, 11) is 3.72. The highest BCUT2D eigenvalue weighted by Crippen LogP contribution is 2.17. The summed E-state index contributed by atoms with van der Waals surface area (Å²) in [6.45, 7) is 1.68. The standard InChI is InChI=1S/C21H20N4O5/c1-4-30-21(27)16(14-22)13-19(24-11-9-17(10-12-24)23(2)3)20(26)15-5-7-18(8-6-15)25(28)29/h5-13H,4H2,1-3H3/b19-13-. The number of allylic oxidation sites excluding steroid dienone is 1. The highest BCUT2D eigenvalue weighted by Gasteiger charge is 2.24. The zero-order valence-corrected chi connectivity index (χ0v) is 16.7. The summed E-state index contributed by atoms with van der Waals surface area (Å²) in [5.74, 6) is 0.378. The van der Waals surface area contributed by atoms with Gasteiger partial charge in [-0.1, -0.05) is 0 Å². The summed E-state index contributed by atoms with van der Waals surface area (Å²) in [5.41, 5.74) is 0.557. The fourth-order valence-electron chi connectivity index (χ4n) is 2.50. The van der Waals surface area contributed by atoms with Crippen LogP contribution in [0.1, 0.15) is 17.3 Å². The summed E-state index contributed by atoms with van der Waals surface area (Å²) < 4.78 is 6.33. The Labute approximate surface area is 173 Å². The van der Waals surface area contributed by atoms with Crippen LogP contribution in [0.25, 0.3) is 11.1 Å². The van der Waals surface area contributed by atoms with E-state index < -0.39 is 16.7 Å². The lowest BCUT2D eigenvalue weighted by atomic mass is 10.1. The largest absolute Gasteiger partial charge is 0.763 e. The number of non-ortho nitro benzene ring substituents is 1. The first-order valence-electron chi connectivity index (χ1n) is 8.92. The number of Topliss-reactive ketones (excluding diaryl/α,β-unsaturated/α-hetero) is 1. The van der Waals surface area contributed by atoms with Gasteiger partial charge in [-0.25, -0.2) is 4.79 Å². The van der Waals surface area contributed by atoms with Crippen LogP contribution in [0.5, 0.6) is 0 Å². The predicted molar refractivity (Wildman–Crippen MR) is 111 cm³/mol. The smallest absolute Gasteiger partial charge is 0.344 e. The normalized spacial score (nSPS) is 10.7. The van der Waals surface area contributed by atoms with E-state index in [0.717, 1.165) is 11.8 Å². The van der Waals surface area contributed by atoms with Gasteiger partial charge >= 0.3 is 5.97 Å². The summed E-state index contributed by atoms with van der Waals surface area (Å²) in [5, 5.41) is 20.2. The van der Waals surface area contributed by atoms with Gasteiger partial charge in [-0.15, -0.1) is 0 Å². The molecule has 0 bridgehead atoms. The van der Waals surface area contributed by atoms with Crippen molar-refractivity contribution in [2.24, 2.45) is 0 Å². The molecule has 0 radical (unpaired) electrons. The Balaban J connectivity index is 2.55. The van der Waals surface area contributed by atoms with Crippen LogP contribution in [0.2, 0.25) is 0 Å². The number of ketones is 1.